The van der Waals surface area contributed by atoms with E-state index in [-0.39, 0.29) is 11.7 Å². The average Bonchev–Trinajstić information content (AvgIpc) is 3.12. The maximum atomic E-state index is 13.8. The minimum atomic E-state index is -0.380. The van der Waals surface area contributed by atoms with Crippen LogP contribution in [-0.4, -0.2) is 15.5 Å². The molecule has 0 aliphatic heterocycles. The van der Waals surface area contributed by atoms with Gasteiger partial charge in [-0.25, -0.2) is 9.37 Å². The van der Waals surface area contributed by atoms with Crippen LogP contribution in [0.15, 0.2) is 91.0 Å². The van der Waals surface area contributed by atoms with Crippen molar-refractivity contribution >= 4 is 27.7 Å². The lowest BCUT2D eigenvalue weighted by Gasteiger charge is -2.09. The predicted octanol–water partition coefficient (Wildman–Crippen LogP) is 5.68. The second kappa shape index (κ2) is 6.43. The van der Waals surface area contributed by atoms with E-state index in [9.17, 15) is 9.18 Å². The van der Waals surface area contributed by atoms with E-state index in [2.05, 4.69) is 4.98 Å². The molecular formula is C24H15FN2O. The van der Waals surface area contributed by atoms with Gasteiger partial charge < -0.3 is 0 Å². The molecule has 28 heavy (non-hydrogen) atoms. The van der Waals surface area contributed by atoms with Crippen LogP contribution in [0.3, 0.4) is 0 Å². The lowest BCUT2D eigenvalue weighted by atomic mass is 10.1. The molecule has 0 aliphatic rings. The fraction of sp³-hybridized carbons (Fsp3) is 0. The van der Waals surface area contributed by atoms with Crippen molar-refractivity contribution in [1.29, 1.82) is 0 Å². The molecule has 4 heteroatoms. The predicted molar refractivity (Wildman–Crippen MR) is 109 cm³/mol. The van der Waals surface area contributed by atoms with Gasteiger partial charge in [-0.05, 0) is 41.1 Å². The summed E-state index contributed by atoms with van der Waals surface area (Å²) in [6, 6.07) is 27.3. The molecule has 0 amide bonds. The summed E-state index contributed by atoms with van der Waals surface area (Å²) in [7, 11) is 0. The number of nitrogens with zero attached hydrogens (tertiary/aromatic N) is 2. The second-order valence-electron chi connectivity index (χ2n) is 6.64. The van der Waals surface area contributed by atoms with Crippen LogP contribution in [0.25, 0.3) is 33.2 Å². The standard InChI is InChI=1S/C24H15FN2O/c25-20-12-13-22-21(15-20)26-23(27(22)24(28)17-7-2-1-3-8-17)19-11-10-16-6-4-5-9-18(16)14-19/h1-15H. The van der Waals surface area contributed by atoms with Gasteiger partial charge in [-0.3, -0.25) is 9.36 Å². The highest BCUT2D eigenvalue weighted by Crippen LogP contribution is 2.29. The largest absolute Gasteiger partial charge is 0.268 e. The maximum Gasteiger partial charge on any atom is 0.264 e. The Balaban J connectivity index is 1.78. The molecule has 0 atom stereocenters. The number of fused-ring (bicyclic) bond motifs is 2. The number of imidazole rings is 1. The quantitative estimate of drug-likeness (QED) is 0.403. The number of rotatable bonds is 2. The first-order valence-corrected chi connectivity index (χ1v) is 8.98. The first-order chi connectivity index (χ1) is 13.7. The highest BCUT2D eigenvalue weighted by atomic mass is 19.1. The van der Waals surface area contributed by atoms with Gasteiger partial charge in [0.15, 0.2) is 0 Å². The molecule has 5 rings (SSSR count). The van der Waals surface area contributed by atoms with Gasteiger partial charge >= 0.3 is 0 Å². The monoisotopic (exact) mass is 366 g/mol. The van der Waals surface area contributed by atoms with Crippen molar-refractivity contribution in [2.75, 3.05) is 0 Å². The molecule has 0 N–H and O–H groups in total. The number of carbonyl (C=O) groups is 1. The normalized spacial score (nSPS) is 11.2. The molecule has 0 radical (unpaired) electrons. The van der Waals surface area contributed by atoms with Crippen molar-refractivity contribution in [2.24, 2.45) is 0 Å². The zero-order valence-electron chi connectivity index (χ0n) is 14.8. The lowest BCUT2D eigenvalue weighted by Crippen LogP contribution is -2.13. The molecule has 0 saturated heterocycles. The summed E-state index contributed by atoms with van der Waals surface area (Å²) in [5.41, 5.74) is 2.39. The molecule has 3 nitrogen and oxygen atoms in total. The van der Waals surface area contributed by atoms with Crippen molar-refractivity contribution in [3.63, 3.8) is 0 Å². The molecule has 5 aromatic rings. The zero-order valence-corrected chi connectivity index (χ0v) is 14.8. The molecule has 0 spiro atoms. The summed E-state index contributed by atoms with van der Waals surface area (Å²) in [6.45, 7) is 0. The fourth-order valence-electron chi connectivity index (χ4n) is 3.49. The zero-order chi connectivity index (χ0) is 19.1. The van der Waals surface area contributed by atoms with Crippen molar-refractivity contribution in [3.8, 4) is 11.4 Å². The third kappa shape index (κ3) is 2.67. The van der Waals surface area contributed by atoms with Crippen LogP contribution in [-0.2, 0) is 0 Å². The fourth-order valence-corrected chi connectivity index (χ4v) is 3.49. The van der Waals surface area contributed by atoms with Gasteiger partial charge in [0.05, 0.1) is 11.0 Å². The van der Waals surface area contributed by atoms with E-state index in [1.807, 2.05) is 60.7 Å². The number of hydrogen-bond acceptors (Lipinski definition) is 2. The third-order valence-electron chi connectivity index (χ3n) is 4.85. The Labute approximate surface area is 160 Å². The van der Waals surface area contributed by atoms with Crippen LogP contribution in [0.2, 0.25) is 0 Å². The highest BCUT2D eigenvalue weighted by Gasteiger charge is 2.20. The van der Waals surface area contributed by atoms with E-state index in [4.69, 9.17) is 0 Å². The van der Waals surface area contributed by atoms with Gasteiger partial charge in [-0.15, -0.1) is 0 Å². The Bertz CT molecular complexity index is 1340. The highest BCUT2D eigenvalue weighted by molar-refractivity contribution is 6.04. The Morgan fingerprint density at radius 1 is 0.786 bits per heavy atom. The van der Waals surface area contributed by atoms with Crippen LogP contribution < -0.4 is 0 Å². The first kappa shape index (κ1) is 16.4. The topological polar surface area (TPSA) is 34.9 Å². The van der Waals surface area contributed by atoms with Crippen molar-refractivity contribution < 1.29 is 9.18 Å². The van der Waals surface area contributed by atoms with E-state index >= 15 is 0 Å². The number of hydrogen-bond donors (Lipinski definition) is 0. The van der Waals surface area contributed by atoms with Gasteiger partial charge in [-0.1, -0.05) is 54.6 Å². The SMILES string of the molecule is O=C(c1ccccc1)n1c(-c2ccc3ccccc3c2)nc2cc(F)ccc21. The molecule has 0 saturated carbocycles. The van der Waals surface area contributed by atoms with E-state index in [0.29, 0.717) is 22.4 Å². The summed E-state index contributed by atoms with van der Waals surface area (Å²) < 4.78 is 15.3. The van der Waals surface area contributed by atoms with Crippen molar-refractivity contribution in [1.82, 2.24) is 9.55 Å². The van der Waals surface area contributed by atoms with Crippen LogP contribution in [0, 0.1) is 5.82 Å². The van der Waals surface area contributed by atoms with E-state index < -0.39 is 0 Å². The molecule has 0 unspecified atom stereocenters. The minimum Gasteiger partial charge on any atom is -0.268 e. The lowest BCUT2D eigenvalue weighted by molar-refractivity contribution is 0.0966. The summed E-state index contributed by atoms with van der Waals surface area (Å²) in [5, 5.41) is 2.16. The molecule has 0 bridgehead atoms. The second-order valence-corrected chi connectivity index (χ2v) is 6.64. The van der Waals surface area contributed by atoms with Gasteiger partial charge in [0.1, 0.15) is 11.6 Å². The maximum absolute atomic E-state index is 13.8. The minimum absolute atomic E-state index is 0.196. The van der Waals surface area contributed by atoms with Crippen molar-refractivity contribution in [2.45, 2.75) is 0 Å². The number of benzene rings is 4. The average molecular weight is 366 g/mol. The molecular weight excluding hydrogens is 351 g/mol. The van der Waals surface area contributed by atoms with Gasteiger partial charge in [0.2, 0.25) is 0 Å². The number of halogens is 1. The third-order valence-corrected chi connectivity index (χ3v) is 4.85. The summed E-state index contributed by atoms with van der Waals surface area (Å²) >= 11 is 0. The molecule has 1 aromatic heterocycles. The number of carbonyl (C=O) groups excluding carboxylic acids is 1. The van der Waals surface area contributed by atoms with E-state index in [1.165, 1.54) is 12.1 Å². The Morgan fingerprint density at radius 3 is 2.36 bits per heavy atom. The van der Waals surface area contributed by atoms with Crippen LogP contribution in [0.1, 0.15) is 10.4 Å². The summed E-state index contributed by atoms with van der Waals surface area (Å²) in [6.07, 6.45) is 0. The van der Waals surface area contributed by atoms with Crippen LogP contribution in [0.5, 0.6) is 0 Å². The Morgan fingerprint density at radius 2 is 1.54 bits per heavy atom. The Kier molecular flexibility index (Phi) is 3.76. The van der Waals surface area contributed by atoms with E-state index in [1.54, 1.807) is 22.8 Å². The van der Waals surface area contributed by atoms with Crippen LogP contribution in [0.4, 0.5) is 4.39 Å². The smallest absolute Gasteiger partial charge is 0.264 e. The molecule has 0 aliphatic carbocycles. The Hall–Kier alpha value is -3.79. The molecule has 0 fully saturated rings. The molecule has 4 aromatic carbocycles. The van der Waals surface area contributed by atoms with Crippen LogP contribution >= 0.6 is 0 Å². The number of aromatic nitrogens is 2. The van der Waals surface area contributed by atoms with E-state index in [0.717, 1.165) is 16.3 Å². The molecule has 1 heterocycles. The van der Waals surface area contributed by atoms with Gasteiger partial charge in [0.25, 0.3) is 5.91 Å². The van der Waals surface area contributed by atoms with Gasteiger partial charge in [0, 0.05) is 17.2 Å². The summed E-state index contributed by atoms with van der Waals surface area (Å²) in [4.78, 5) is 17.9. The van der Waals surface area contributed by atoms with Gasteiger partial charge in [-0.2, -0.15) is 0 Å². The summed E-state index contributed by atoms with van der Waals surface area (Å²) in [5.74, 6) is -0.0764. The first-order valence-electron chi connectivity index (χ1n) is 8.98. The van der Waals surface area contributed by atoms with Crippen molar-refractivity contribution in [3.05, 3.63) is 102 Å². The molecule has 134 valence electrons.